The average Bonchev–Trinajstić information content (AvgIpc) is 2.34. The lowest BCUT2D eigenvalue weighted by Crippen LogP contribution is -2.42. The number of carbonyl (C=O) groups excluding carboxylic acids is 2. The number of amides is 2. The Morgan fingerprint density at radius 3 is 2.19 bits per heavy atom. The molecule has 1 rings (SSSR count). The van der Waals surface area contributed by atoms with Crippen molar-refractivity contribution in [2.75, 3.05) is 6.54 Å². The van der Waals surface area contributed by atoms with Gasteiger partial charge in [-0.3, -0.25) is 9.59 Å². The lowest BCUT2D eigenvalue weighted by Gasteiger charge is -2.24. The summed E-state index contributed by atoms with van der Waals surface area (Å²) in [6.07, 6.45) is 0.322. The number of aryl methyl sites for hydroxylation is 1. The third-order valence-electron chi connectivity index (χ3n) is 3.06. The van der Waals surface area contributed by atoms with Crippen molar-refractivity contribution in [3.05, 3.63) is 35.4 Å². The van der Waals surface area contributed by atoms with Gasteiger partial charge in [0.15, 0.2) is 0 Å². The highest BCUT2D eigenvalue weighted by Gasteiger charge is 2.16. The molecule has 0 heterocycles. The Bertz CT molecular complexity index is 487. The summed E-state index contributed by atoms with van der Waals surface area (Å²) >= 11 is 0. The zero-order chi connectivity index (χ0) is 16.0. The molecule has 0 aliphatic rings. The molecule has 0 fully saturated rings. The molecule has 0 atom stereocenters. The van der Waals surface area contributed by atoms with Crippen LogP contribution in [0.5, 0.6) is 0 Å². The maximum atomic E-state index is 11.8. The minimum absolute atomic E-state index is 0.0147. The second-order valence-electron chi connectivity index (χ2n) is 6.47. The molecule has 0 aliphatic heterocycles. The van der Waals surface area contributed by atoms with Gasteiger partial charge in [0.1, 0.15) is 0 Å². The number of rotatable bonds is 5. The fraction of sp³-hybridized carbons (Fsp3) is 0.529. The largest absolute Gasteiger partial charge is 0.351 e. The molecule has 1 aromatic carbocycles. The third kappa shape index (κ3) is 6.93. The Morgan fingerprint density at radius 2 is 1.71 bits per heavy atom. The Morgan fingerprint density at radius 1 is 1.14 bits per heavy atom. The molecule has 0 radical (unpaired) electrons. The van der Waals surface area contributed by atoms with Crippen LogP contribution < -0.4 is 5.32 Å². The van der Waals surface area contributed by atoms with Gasteiger partial charge in [-0.15, -0.1) is 0 Å². The molecule has 0 saturated heterocycles. The maximum Gasteiger partial charge on any atom is 0.222 e. The van der Waals surface area contributed by atoms with Gasteiger partial charge in [0.05, 0.1) is 0 Å². The molecule has 1 N–H and O–H groups in total. The van der Waals surface area contributed by atoms with Gasteiger partial charge in [0.25, 0.3) is 0 Å². The Kier molecular flexibility index (Phi) is 5.94. The fourth-order valence-corrected chi connectivity index (χ4v) is 1.98. The molecule has 0 aromatic heterocycles. The van der Waals surface area contributed by atoms with E-state index in [0.717, 1.165) is 5.56 Å². The third-order valence-corrected chi connectivity index (χ3v) is 3.06. The van der Waals surface area contributed by atoms with Crippen LogP contribution in [0.1, 0.15) is 45.2 Å². The number of nitrogens with zero attached hydrogens (tertiary/aromatic N) is 1. The summed E-state index contributed by atoms with van der Waals surface area (Å²) in [7, 11) is 0. The fourth-order valence-electron chi connectivity index (χ4n) is 1.98. The highest BCUT2D eigenvalue weighted by atomic mass is 16.2. The Hall–Kier alpha value is -1.84. The molecule has 0 saturated carbocycles. The minimum atomic E-state index is -0.241. The molecule has 4 heteroatoms. The number of nitrogens with one attached hydrogen (secondary N) is 1. The van der Waals surface area contributed by atoms with Crippen molar-refractivity contribution in [1.29, 1.82) is 0 Å². The topological polar surface area (TPSA) is 49.4 Å². The van der Waals surface area contributed by atoms with E-state index in [1.54, 1.807) is 4.90 Å². The van der Waals surface area contributed by atoms with Crippen LogP contribution in [0.25, 0.3) is 0 Å². The second kappa shape index (κ2) is 7.25. The maximum absolute atomic E-state index is 11.8. The average molecular weight is 290 g/mol. The predicted octanol–water partition coefficient (Wildman–Crippen LogP) is 2.65. The SMILES string of the molecule is CC(=O)N(CCC(=O)NC(C)(C)C)Cc1ccc(C)cc1. The van der Waals surface area contributed by atoms with Crippen LogP contribution in [-0.2, 0) is 16.1 Å². The Labute approximate surface area is 127 Å². The molecule has 0 unspecified atom stereocenters. The van der Waals surface area contributed by atoms with E-state index < -0.39 is 0 Å². The quantitative estimate of drug-likeness (QED) is 0.906. The van der Waals surface area contributed by atoms with Crippen molar-refractivity contribution in [2.45, 2.75) is 53.1 Å². The van der Waals surface area contributed by atoms with Gasteiger partial charge in [0.2, 0.25) is 11.8 Å². The van der Waals surface area contributed by atoms with Crippen molar-refractivity contribution in [3.8, 4) is 0 Å². The summed E-state index contributed by atoms with van der Waals surface area (Å²) < 4.78 is 0. The van der Waals surface area contributed by atoms with E-state index >= 15 is 0 Å². The Balaban J connectivity index is 2.56. The molecule has 2 amide bonds. The van der Waals surface area contributed by atoms with Crippen molar-refractivity contribution < 1.29 is 9.59 Å². The first-order valence-electron chi connectivity index (χ1n) is 7.29. The van der Waals surface area contributed by atoms with Crippen molar-refractivity contribution in [3.63, 3.8) is 0 Å². The molecule has 0 bridgehead atoms. The highest BCUT2D eigenvalue weighted by molar-refractivity contribution is 5.78. The van der Waals surface area contributed by atoms with Gasteiger partial charge < -0.3 is 10.2 Å². The zero-order valence-electron chi connectivity index (χ0n) is 13.7. The van der Waals surface area contributed by atoms with E-state index in [2.05, 4.69) is 5.32 Å². The summed E-state index contributed by atoms with van der Waals surface area (Å²) in [6.45, 7) is 10.4. The van der Waals surface area contributed by atoms with E-state index in [1.165, 1.54) is 12.5 Å². The summed E-state index contributed by atoms with van der Waals surface area (Å²) in [5.41, 5.74) is 2.03. The second-order valence-corrected chi connectivity index (χ2v) is 6.47. The lowest BCUT2D eigenvalue weighted by atomic mass is 10.1. The molecule has 1 aromatic rings. The van der Waals surface area contributed by atoms with Gasteiger partial charge >= 0.3 is 0 Å². The van der Waals surface area contributed by atoms with E-state index in [0.29, 0.717) is 19.5 Å². The van der Waals surface area contributed by atoms with Crippen LogP contribution in [0.2, 0.25) is 0 Å². The summed E-state index contributed by atoms with van der Waals surface area (Å²) in [6, 6.07) is 8.08. The predicted molar refractivity (Wildman–Crippen MR) is 84.8 cm³/mol. The molecule has 116 valence electrons. The summed E-state index contributed by atoms with van der Waals surface area (Å²) in [5, 5.41) is 2.91. The summed E-state index contributed by atoms with van der Waals surface area (Å²) in [5.74, 6) is -0.0446. The molecule has 21 heavy (non-hydrogen) atoms. The van der Waals surface area contributed by atoms with Crippen LogP contribution in [0, 0.1) is 6.92 Å². The standard InChI is InChI=1S/C17H26N2O2/c1-13-6-8-15(9-7-13)12-19(14(2)20)11-10-16(21)18-17(3,4)5/h6-9H,10-12H2,1-5H3,(H,18,21). The van der Waals surface area contributed by atoms with E-state index in [-0.39, 0.29) is 17.4 Å². The van der Waals surface area contributed by atoms with Gasteiger partial charge in [-0.25, -0.2) is 0 Å². The van der Waals surface area contributed by atoms with Crippen molar-refractivity contribution >= 4 is 11.8 Å². The zero-order valence-corrected chi connectivity index (χ0v) is 13.7. The number of benzene rings is 1. The molecule has 0 spiro atoms. The van der Waals surface area contributed by atoms with Crippen LogP contribution >= 0.6 is 0 Å². The first-order valence-corrected chi connectivity index (χ1v) is 7.29. The van der Waals surface area contributed by atoms with Crippen molar-refractivity contribution in [1.82, 2.24) is 10.2 Å². The monoisotopic (exact) mass is 290 g/mol. The first-order chi connectivity index (χ1) is 9.67. The number of hydrogen-bond donors (Lipinski definition) is 1. The van der Waals surface area contributed by atoms with Crippen LogP contribution in [0.15, 0.2) is 24.3 Å². The van der Waals surface area contributed by atoms with Crippen LogP contribution in [-0.4, -0.2) is 28.8 Å². The van der Waals surface area contributed by atoms with Gasteiger partial charge in [-0.05, 0) is 33.3 Å². The van der Waals surface area contributed by atoms with Crippen LogP contribution in [0.3, 0.4) is 0 Å². The summed E-state index contributed by atoms with van der Waals surface area (Å²) in [4.78, 5) is 25.2. The van der Waals surface area contributed by atoms with Gasteiger partial charge in [-0.1, -0.05) is 29.8 Å². The smallest absolute Gasteiger partial charge is 0.222 e. The van der Waals surface area contributed by atoms with E-state index in [9.17, 15) is 9.59 Å². The van der Waals surface area contributed by atoms with E-state index in [1.807, 2.05) is 52.0 Å². The van der Waals surface area contributed by atoms with Crippen molar-refractivity contribution in [2.24, 2.45) is 0 Å². The number of carbonyl (C=O) groups is 2. The van der Waals surface area contributed by atoms with Crippen LogP contribution in [0.4, 0.5) is 0 Å². The van der Waals surface area contributed by atoms with E-state index in [4.69, 9.17) is 0 Å². The lowest BCUT2D eigenvalue weighted by molar-refractivity contribution is -0.130. The van der Waals surface area contributed by atoms with Gasteiger partial charge in [0, 0.05) is 32.0 Å². The minimum Gasteiger partial charge on any atom is -0.351 e. The number of hydrogen-bond acceptors (Lipinski definition) is 2. The normalized spacial score (nSPS) is 11.1. The molecule has 4 nitrogen and oxygen atoms in total. The van der Waals surface area contributed by atoms with Gasteiger partial charge in [-0.2, -0.15) is 0 Å². The molecular formula is C17H26N2O2. The molecule has 0 aliphatic carbocycles. The highest BCUT2D eigenvalue weighted by Crippen LogP contribution is 2.08. The first kappa shape index (κ1) is 17.2. The molecular weight excluding hydrogens is 264 g/mol.